The van der Waals surface area contributed by atoms with Crippen molar-refractivity contribution in [3.8, 4) is 5.75 Å². The van der Waals surface area contributed by atoms with E-state index in [4.69, 9.17) is 14.2 Å². The van der Waals surface area contributed by atoms with Crippen LogP contribution < -0.4 is 10.1 Å². The maximum atomic E-state index is 13.2. The molecule has 4 aliphatic heterocycles. The average Bonchev–Trinajstić information content (AvgIpc) is 3.15. The number of carbonyl (C=O) groups is 4. The Bertz CT molecular complexity index is 1560. The van der Waals surface area contributed by atoms with Gasteiger partial charge in [-0.3, -0.25) is 14.5 Å². The standard InChI is InChI=1S/C39H45N3O7/c43-23-4-5-24-47-38(45)32-17-21-42(22-18-32)37(44)31-13-11-28(12-14-31)27-48-34-10-6-9-33(25-34)36(30-7-2-1-3-8-30)40-39(46)49-35-26-41-19-15-29(35)16-20-41/h1-3,6-14,23,25,29,32,35-36H,4-5,15-22,24,26-27H2,(H,40,46)/t35-,36?/m0/s1. The first-order valence-corrected chi connectivity index (χ1v) is 17.4. The Kier molecular flexibility index (Phi) is 11.6. The molecular formula is C39H45N3O7. The molecule has 2 atom stereocenters. The van der Waals surface area contributed by atoms with Gasteiger partial charge in [-0.1, -0.05) is 54.6 Å². The van der Waals surface area contributed by atoms with E-state index in [9.17, 15) is 19.2 Å². The van der Waals surface area contributed by atoms with Crippen LogP contribution in [0.1, 0.15) is 71.6 Å². The molecule has 1 unspecified atom stereocenters. The lowest BCUT2D eigenvalue weighted by Crippen LogP contribution is -2.52. The number of amides is 2. The van der Waals surface area contributed by atoms with Crippen molar-refractivity contribution in [2.75, 3.05) is 39.3 Å². The third kappa shape index (κ3) is 9.06. The number of benzene rings is 3. The number of aldehydes is 1. The van der Waals surface area contributed by atoms with Crippen molar-refractivity contribution in [3.05, 3.63) is 101 Å². The van der Waals surface area contributed by atoms with E-state index in [1.54, 1.807) is 17.0 Å². The number of alkyl carbamates (subject to hydrolysis) is 1. The Balaban J connectivity index is 1.02. The number of carbonyl (C=O) groups excluding carboxylic acids is 4. The molecule has 10 heteroatoms. The largest absolute Gasteiger partial charge is 0.489 e. The maximum Gasteiger partial charge on any atom is 0.408 e. The van der Waals surface area contributed by atoms with Crippen molar-refractivity contribution in [2.24, 2.45) is 11.8 Å². The summed E-state index contributed by atoms with van der Waals surface area (Å²) in [5.41, 5.74) is 3.32. The first-order chi connectivity index (χ1) is 24.0. The van der Waals surface area contributed by atoms with Crippen molar-refractivity contribution in [1.29, 1.82) is 0 Å². The van der Waals surface area contributed by atoms with Gasteiger partial charge in [0.2, 0.25) is 0 Å². The minimum Gasteiger partial charge on any atom is -0.489 e. The van der Waals surface area contributed by atoms with E-state index < -0.39 is 12.1 Å². The number of unbranched alkanes of at least 4 members (excludes halogenated alkanes) is 1. The van der Waals surface area contributed by atoms with Gasteiger partial charge in [-0.25, -0.2) is 4.79 Å². The quantitative estimate of drug-likeness (QED) is 0.143. The van der Waals surface area contributed by atoms with Gasteiger partial charge in [0.05, 0.1) is 18.6 Å². The summed E-state index contributed by atoms with van der Waals surface area (Å²) in [6.07, 6.45) is 4.50. The van der Waals surface area contributed by atoms with Gasteiger partial charge in [0.15, 0.2) is 0 Å². The number of nitrogens with zero attached hydrogens (tertiary/aromatic N) is 2. The van der Waals surface area contributed by atoms with Crippen LogP contribution in [0.5, 0.6) is 5.75 Å². The molecule has 0 aromatic heterocycles. The van der Waals surface area contributed by atoms with E-state index in [2.05, 4.69) is 10.2 Å². The number of hydrogen-bond donors (Lipinski definition) is 1. The summed E-state index contributed by atoms with van der Waals surface area (Å²) in [5, 5.41) is 3.12. The van der Waals surface area contributed by atoms with E-state index in [0.717, 1.165) is 55.5 Å². The number of piperidine rings is 4. The molecule has 4 saturated heterocycles. The monoisotopic (exact) mass is 667 g/mol. The van der Waals surface area contributed by atoms with Crippen LogP contribution in [0, 0.1) is 11.8 Å². The smallest absolute Gasteiger partial charge is 0.408 e. The first kappa shape index (κ1) is 34.2. The number of nitrogens with one attached hydrogen (secondary N) is 1. The molecule has 49 heavy (non-hydrogen) atoms. The van der Waals surface area contributed by atoms with Crippen LogP contribution in [0.25, 0.3) is 0 Å². The third-order valence-corrected chi connectivity index (χ3v) is 9.87. The molecule has 3 aromatic rings. The van der Waals surface area contributed by atoms with Crippen LogP contribution >= 0.6 is 0 Å². The van der Waals surface area contributed by atoms with Crippen molar-refractivity contribution in [1.82, 2.24) is 15.1 Å². The molecule has 4 fully saturated rings. The van der Waals surface area contributed by atoms with Crippen LogP contribution in [0.4, 0.5) is 4.79 Å². The van der Waals surface area contributed by atoms with E-state index in [-0.39, 0.29) is 30.5 Å². The minimum atomic E-state index is -0.414. The van der Waals surface area contributed by atoms with Gasteiger partial charge in [0.25, 0.3) is 5.91 Å². The Morgan fingerprint density at radius 3 is 2.29 bits per heavy atom. The highest BCUT2D eigenvalue weighted by atomic mass is 16.6. The lowest BCUT2D eigenvalue weighted by molar-refractivity contribution is -0.150. The highest BCUT2D eigenvalue weighted by Crippen LogP contribution is 2.31. The molecule has 2 bridgehead atoms. The highest BCUT2D eigenvalue weighted by Gasteiger charge is 2.37. The average molecular weight is 668 g/mol. The summed E-state index contributed by atoms with van der Waals surface area (Å²) in [6, 6.07) is 24.5. The molecule has 0 aliphatic carbocycles. The van der Waals surface area contributed by atoms with Crippen molar-refractivity contribution in [3.63, 3.8) is 0 Å². The zero-order valence-corrected chi connectivity index (χ0v) is 27.8. The van der Waals surface area contributed by atoms with Gasteiger partial charge >= 0.3 is 12.1 Å². The van der Waals surface area contributed by atoms with Crippen LogP contribution in [0.2, 0.25) is 0 Å². The van der Waals surface area contributed by atoms with Crippen LogP contribution in [0.3, 0.4) is 0 Å². The van der Waals surface area contributed by atoms with E-state index in [0.29, 0.717) is 62.6 Å². The highest BCUT2D eigenvalue weighted by molar-refractivity contribution is 5.94. The molecule has 4 heterocycles. The minimum absolute atomic E-state index is 0.0653. The summed E-state index contributed by atoms with van der Waals surface area (Å²) >= 11 is 0. The molecule has 4 aliphatic rings. The maximum absolute atomic E-state index is 13.2. The fraction of sp³-hybridized carbons (Fsp3) is 0.436. The Morgan fingerprint density at radius 1 is 0.857 bits per heavy atom. The van der Waals surface area contributed by atoms with Gasteiger partial charge < -0.3 is 29.2 Å². The summed E-state index contributed by atoms with van der Waals surface area (Å²) < 4.78 is 17.4. The van der Waals surface area contributed by atoms with Crippen molar-refractivity contribution in [2.45, 2.75) is 57.3 Å². The summed E-state index contributed by atoms with van der Waals surface area (Å²) in [6.45, 7) is 4.51. The van der Waals surface area contributed by atoms with Gasteiger partial charge in [-0.15, -0.1) is 0 Å². The number of ether oxygens (including phenoxy) is 3. The zero-order chi connectivity index (χ0) is 34.0. The number of likely N-dealkylation sites (tertiary alicyclic amines) is 1. The molecular weight excluding hydrogens is 622 g/mol. The predicted molar refractivity (Wildman–Crippen MR) is 183 cm³/mol. The van der Waals surface area contributed by atoms with Gasteiger partial charge in [-0.2, -0.15) is 0 Å². The molecule has 0 spiro atoms. The summed E-state index contributed by atoms with van der Waals surface area (Å²) in [4.78, 5) is 53.2. The molecule has 2 amide bonds. The van der Waals surface area contributed by atoms with Crippen molar-refractivity contribution < 1.29 is 33.4 Å². The van der Waals surface area contributed by atoms with Crippen molar-refractivity contribution >= 4 is 24.3 Å². The SMILES string of the molecule is O=CCCCOC(=O)C1CCN(C(=O)c2ccc(COc3cccc(C(NC(=O)O[C@H]4CN5CCC4CC5)c4ccccc4)c3)cc2)CC1. The van der Waals surface area contributed by atoms with E-state index in [1.165, 1.54) is 0 Å². The number of fused-ring (bicyclic) bond motifs is 3. The second-order valence-electron chi connectivity index (χ2n) is 13.2. The third-order valence-electron chi connectivity index (χ3n) is 9.87. The predicted octanol–water partition coefficient (Wildman–Crippen LogP) is 5.55. The zero-order valence-electron chi connectivity index (χ0n) is 27.8. The molecule has 1 N–H and O–H groups in total. The topological polar surface area (TPSA) is 114 Å². The van der Waals surface area contributed by atoms with E-state index in [1.807, 2.05) is 66.7 Å². The Morgan fingerprint density at radius 2 is 1.59 bits per heavy atom. The van der Waals surface area contributed by atoms with Gasteiger partial charge in [-0.05, 0) is 92.1 Å². The van der Waals surface area contributed by atoms with Gasteiger partial charge in [0.1, 0.15) is 24.7 Å². The fourth-order valence-electron chi connectivity index (χ4n) is 6.99. The second kappa shape index (κ2) is 16.6. The summed E-state index contributed by atoms with van der Waals surface area (Å²) in [7, 11) is 0. The van der Waals surface area contributed by atoms with Crippen LogP contribution in [0.15, 0.2) is 78.9 Å². The van der Waals surface area contributed by atoms with Gasteiger partial charge in [0, 0.05) is 31.6 Å². The molecule has 0 saturated carbocycles. The molecule has 7 rings (SSSR count). The Labute approximate surface area is 287 Å². The summed E-state index contributed by atoms with van der Waals surface area (Å²) in [5.74, 6) is 0.555. The molecule has 258 valence electrons. The number of esters is 1. The normalized spacial score (nSPS) is 21.0. The lowest BCUT2D eigenvalue weighted by Gasteiger charge is -2.43. The van der Waals surface area contributed by atoms with Crippen LogP contribution in [-0.4, -0.2) is 79.5 Å². The molecule has 0 radical (unpaired) electrons. The van der Waals surface area contributed by atoms with E-state index >= 15 is 0 Å². The first-order valence-electron chi connectivity index (χ1n) is 17.4. The molecule has 3 aromatic carbocycles. The second-order valence-corrected chi connectivity index (χ2v) is 13.2. The fourth-order valence-corrected chi connectivity index (χ4v) is 6.99. The number of hydrogen-bond acceptors (Lipinski definition) is 8. The van der Waals surface area contributed by atoms with Crippen LogP contribution in [-0.2, 0) is 25.7 Å². The molecule has 10 nitrogen and oxygen atoms in total. The number of rotatable bonds is 13. The lowest BCUT2D eigenvalue weighted by atomic mass is 9.86. The Hall–Kier alpha value is -4.70.